The highest BCUT2D eigenvalue weighted by Crippen LogP contribution is 2.41. The molecule has 1 spiro atoms. The second-order valence-electron chi connectivity index (χ2n) is 11.1. The predicted molar refractivity (Wildman–Crippen MR) is 140 cm³/mol. The number of alkyl halides is 3. The van der Waals surface area contributed by atoms with Crippen molar-refractivity contribution in [3.8, 4) is 0 Å². The minimum atomic E-state index is -4.57. The smallest absolute Gasteiger partial charge is 0.425 e. The van der Waals surface area contributed by atoms with Gasteiger partial charge in [0.2, 0.25) is 10.0 Å². The number of likely N-dealkylation sites (tertiary alicyclic amines) is 2. The highest BCUT2D eigenvalue weighted by atomic mass is 32.2. The molecule has 3 heterocycles. The highest BCUT2D eigenvalue weighted by molar-refractivity contribution is 7.88. The number of amides is 1. The molecule has 0 radical (unpaired) electrons. The summed E-state index contributed by atoms with van der Waals surface area (Å²) < 4.78 is 69.1. The number of anilines is 1. The van der Waals surface area contributed by atoms with Gasteiger partial charge in [-0.2, -0.15) is 13.2 Å². The van der Waals surface area contributed by atoms with Crippen LogP contribution in [0.15, 0.2) is 18.2 Å². The van der Waals surface area contributed by atoms with Gasteiger partial charge in [-0.15, -0.1) is 0 Å². The molecule has 12 heteroatoms. The summed E-state index contributed by atoms with van der Waals surface area (Å²) in [5, 5.41) is 0. The number of aryl methyl sites for hydroxylation is 1. The number of sulfonamides is 1. The summed E-state index contributed by atoms with van der Waals surface area (Å²) in [6, 6.07) is 6.43. The fourth-order valence-electron chi connectivity index (χ4n) is 6.05. The first-order valence-corrected chi connectivity index (χ1v) is 15.2. The Balaban J connectivity index is 1.40. The fourth-order valence-corrected chi connectivity index (χ4v) is 6.90. The van der Waals surface area contributed by atoms with E-state index in [2.05, 4.69) is 44.4 Å². The molecule has 0 saturated carbocycles. The quantitative estimate of drug-likeness (QED) is 0.566. The van der Waals surface area contributed by atoms with E-state index in [-0.39, 0.29) is 11.6 Å². The van der Waals surface area contributed by atoms with Gasteiger partial charge in [-0.25, -0.2) is 17.9 Å². The first-order chi connectivity index (χ1) is 17.8. The van der Waals surface area contributed by atoms with E-state index in [1.165, 1.54) is 22.4 Å². The van der Waals surface area contributed by atoms with E-state index in [9.17, 15) is 26.4 Å². The molecular weight excluding hydrogens is 521 g/mol. The zero-order chi connectivity index (χ0) is 27.7. The topological polar surface area (TPSA) is 82.2 Å². The molecule has 1 amide bonds. The average molecular weight is 561 g/mol. The van der Waals surface area contributed by atoms with Crippen molar-refractivity contribution in [2.75, 3.05) is 43.9 Å². The Labute approximate surface area is 223 Å². The average Bonchev–Trinajstić information content (AvgIpc) is 3.20. The lowest BCUT2D eigenvalue weighted by molar-refractivity contribution is -0.200. The van der Waals surface area contributed by atoms with Crippen molar-refractivity contribution in [2.24, 2.45) is 0 Å². The van der Waals surface area contributed by atoms with E-state index < -0.39 is 28.4 Å². The normalized spacial score (nSPS) is 22.2. The Morgan fingerprint density at radius 1 is 1.13 bits per heavy atom. The summed E-state index contributed by atoms with van der Waals surface area (Å²) in [5.41, 5.74) is 3.47. The van der Waals surface area contributed by atoms with Gasteiger partial charge in [-0.1, -0.05) is 12.1 Å². The van der Waals surface area contributed by atoms with Gasteiger partial charge >= 0.3 is 12.3 Å². The van der Waals surface area contributed by atoms with Crippen molar-refractivity contribution in [2.45, 2.75) is 82.8 Å². The number of rotatable bonds is 6. The molecule has 0 aromatic heterocycles. The van der Waals surface area contributed by atoms with Crippen LogP contribution in [0.1, 0.15) is 56.6 Å². The highest BCUT2D eigenvalue weighted by Gasteiger charge is 2.45. The van der Waals surface area contributed by atoms with Crippen LogP contribution < -0.4 is 9.62 Å². The van der Waals surface area contributed by atoms with Gasteiger partial charge in [0.25, 0.3) is 0 Å². The molecule has 0 bridgehead atoms. The van der Waals surface area contributed by atoms with Crippen molar-refractivity contribution in [3.05, 3.63) is 29.3 Å². The number of piperidine rings is 2. The lowest BCUT2D eigenvalue weighted by Crippen LogP contribution is -2.53. The Morgan fingerprint density at radius 3 is 2.39 bits per heavy atom. The molecule has 0 aliphatic carbocycles. The van der Waals surface area contributed by atoms with Crippen molar-refractivity contribution in [1.29, 1.82) is 0 Å². The Hall–Kier alpha value is -2.05. The molecule has 1 atom stereocenters. The van der Waals surface area contributed by atoms with E-state index in [0.717, 1.165) is 64.3 Å². The largest absolute Gasteiger partial charge is 0.437 e. The lowest BCUT2D eigenvalue weighted by atomic mass is 9.84. The molecule has 4 rings (SSSR count). The molecule has 3 aliphatic rings. The molecule has 1 aromatic rings. The van der Waals surface area contributed by atoms with Crippen LogP contribution in [0.5, 0.6) is 0 Å². The molecule has 1 N–H and O–H groups in total. The fraction of sp³-hybridized carbons (Fsp3) is 0.731. The molecule has 3 aliphatic heterocycles. The summed E-state index contributed by atoms with van der Waals surface area (Å²) in [7, 11) is -3.23. The van der Waals surface area contributed by atoms with Crippen molar-refractivity contribution < 1.29 is 31.1 Å². The van der Waals surface area contributed by atoms with Gasteiger partial charge in [0, 0.05) is 50.0 Å². The second-order valence-corrected chi connectivity index (χ2v) is 12.9. The summed E-state index contributed by atoms with van der Waals surface area (Å²) in [5.74, 6) is 0. The van der Waals surface area contributed by atoms with Crippen molar-refractivity contribution in [3.63, 3.8) is 0 Å². The molecule has 1 unspecified atom stereocenters. The third-order valence-corrected chi connectivity index (χ3v) is 9.01. The van der Waals surface area contributed by atoms with E-state index in [0.29, 0.717) is 25.9 Å². The van der Waals surface area contributed by atoms with Crippen LogP contribution >= 0.6 is 0 Å². The Morgan fingerprint density at radius 2 is 1.79 bits per heavy atom. The maximum absolute atomic E-state index is 12.8. The van der Waals surface area contributed by atoms with Gasteiger partial charge in [0.1, 0.15) is 0 Å². The number of benzene rings is 1. The lowest BCUT2D eigenvalue weighted by Gasteiger charge is -2.45. The molecule has 214 valence electrons. The van der Waals surface area contributed by atoms with E-state index in [1.807, 2.05) is 0 Å². The van der Waals surface area contributed by atoms with Gasteiger partial charge in [0.05, 0.1) is 6.26 Å². The van der Waals surface area contributed by atoms with Crippen LogP contribution in [0.25, 0.3) is 0 Å². The Bertz CT molecular complexity index is 1100. The zero-order valence-corrected chi connectivity index (χ0v) is 23.2. The molecule has 1 aromatic carbocycles. The summed E-state index contributed by atoms with van der Waals surface area (Å²) >= 11 is 0. The number of nitrogens with zero attached hydrogens (tertiary/aromatic N) is 3. The van der Waals surface area contributed by atoms with E-state index >= 15 is 0 Å². The SMILES string of the molecule is Cc1ccc(CN2CCCC23CCN(C(=O)OC(C)C(F)(F)F)CC3)c(N2CCC(NS(C)(=O)=O)CC2)c1. The van der Waals surface area contributed by atoms with Gasteiger partial charge in [-0.3, -0.25) is 4.90 Å². The molecule has 3 saturated heterocycles. The molecular formula is C26H39F3N4O4S. The monoisotopic (exact) mass is 560 g/mol. The van der Waals surface area contributed by atoms with Crippen LogP contribution in [0.2, 0.25) is 0 Å². The minimum Gasteiger partial charge on any atom is -0.437 e. The van der Waals surface area contributed by atoms with Gasteiger partial charge in [0.15, 0.2) is 6.10 Å². The third kappa shape index (κ3) is 6.93. The van der Waals surface area contributed by atoms with E-state index in [4.69, 9.17) is 0 Å². The standard InChI is InChI=1S/C26H39F3N4O4S/c1-19-5-6-21(23(17-19)31-13-7-22(8-14-31)30-38(3,35)36)18-33-12-4-9-25(33)10-15-32(16-11-25)24(34)37-20(2)26(27,28)29/h5-6,17,20,22,30H,4,7-16,18H2,1-3H3. The zero-order valence-electron chi connectivity index (χ0n) is 22.4. The van der Waals surface area contributed by atoms with E-state index in [1.54, 1.807) is 0 Å². The first kappa shape index (κ1) is 28.9. The number of ether oxygens (including phenoxy) is 1. The van der Waals surface area contributed by atoms with Crippen LogP contribution in [0.3, 0.4) is 0 Å². The molecule has 38 heavy (non-hydrogen) atoms. The Kier molecular flexibility index (Phi) is 8.54. The maximum atomic E-state index is 12.8. The summed E-state index contributed by atoms with van der Waals surface area (Å²) in [6.07, 6.45) is -1.47. The molecule has 3 fully saturated rings. The number of hydrogen-bond donors (Lipinski definition) is 1. The van der Waals surface area contributed by atoms with Crippen molar-refractivity contribution in [1.82, 2.24) is 14.5 Å². The predicted octanol–water partition coefficient (Wildman–Crippen LogP) is 4.03. The van der Waals surface area contributed by atoms with Crippen LogP contribution in [-0.4, -0.2) is 87.2 Å². The van der Waals surface area contributed by atoms with Crippen molar-refractivity contribution >= 4 is 21.8 Å². The first-order valence-electron chi connectivity index (χ1n) is 13.3. The van der Waals surface area contributed by atoms with Gasteiger partial charge < -0.3 is 14.5 Å². The number of halogens is 3. The number of nitrogens with one attached hydrogen (secondary N) is 1. The van der Waals surface area contributed by atoms with Gasteiger partial charge in [-0.05, 0) is 76.1 Å². The van der Waals surface area contributed by atoms with Crippen LogP contribution in [0, 0.1) is 6.92 Å². The van der Waals surface area contributed by atoms with Crippen LogP contribution in [0.4, 0.5) is 23.7 Å². The minimum absolute atomic E-state index is 0.0487. The van der Waals surface area contributed by atoms with Crippen LogP contribution in [-0.2, 0) is 21.3 Å². The molecule has 8 nitrogen and oxygen atoms in total. The second kappa shape index (κ2) is 11.2. The number of carbonyl (C=O) groups excluding carboxylic acids is 1. The summed E-state index contributed by atoms with van der Waals surface area (Å²) in [4.78, 5) is 18.6. The third-order valence-electron chi connectivity index (χ3n) is 8.25. The number of hydrogen-bond acceptors (Lipinski definition) is 6. The number of carbonyl (C=O) groups is 1. The maximum Gasteiger partial charge on any atom is 0.425 e. The summed E-state index contributed by atoms with van der Waals surface area (Å²) in [6.45, 7) is 6.90.